The molecule has 0 aromatic rings. The average molecular weight is 667 g/mol. The third kappa shape index (κ3) is 7.59. The molecular formula is C24H42O21. The van der Waals surface area contributed by atoms with Crippen molar-refractivity contribution in [2.45, 2.75) is 123 Å². The Morgan fingerprint density at radius 2 is 0.778 bits per heavy atom. The number of ether oxygens (including phenoxy) is 7. The molecule has 0 saturated carbocycles. The smallest absolute Gasteiger partial charge is 0.187 e. The second-order valence-corrected chi connectivity index (χ2v) is 11.2. The molecule has 264 valence electrons. The normalized spacial score (nSPS) is 52.9. The minimum Gasteiger partial charge on any atom is -0.394 e. The molecule has 0 aromatic heterocycles. The van der Waals surface area contributed by atoms with Crippen molar-refractivity contribution in [3.63, 3.8) is 0 Å². The highest BCUT2D eigenvalue weighted by molar-refractivity contribution is 4.96. The van der Waals surface area contributed by atoms with Crippen molar-refractivity contribution >= 4 is 0 Å². The van der Waals surface area contributed by atoms with Crippen molar-refractivity contribution in [2.75, 3.05) is 26.4 Å². The van der Waals surface area contributed by atoms with E-state index in [1.54, 1.807) is 0 Å². The third-order valence-corrected chi connectivity index (χ3v) is 8.19. The Morgan fingerprint density at radius 1 is 0.378 bits per heavy atom. The van der Waals surface area contributed by atoms with Gasteiger partial charge in [-0.3, -0.25) is 0 Å². The van der Waals surface area contributed by atoms with Gasteiger partial charge in [0, 0.05) is 0 Å². The maximum absolute atomic E-state index is 10.8. The van der Waals surface area contributed by atoms with E-state index < -0.39 is 149 Å². The molecule has 4 aliphatic heterocycles. The number of rotatable bonds is 10. The van der Waals surface area contributed by atoms with Gasteiger partial charge in [-0.25, -0.2) is 0 Å². The first-order valence-corrected chi connectivity index (χ1v) is 14.1. The van der Waals surface area contributed by atoms with Crippen LogP contribution in [0.25, 0.3) is 0 Å². The Bertz CT molecular complexity index is 912. The van der Waals surface area contributed by atoms with Crippen molar-refractivity contribution in [1.82, 2.24) is 0 Å². The van der Waals surface area contributed by atoms with E-state index in [4.69, 9.17) is 33.2 Å². The lowest BCUT2D eigenvalue weighted by molar-refractivity contribution is -0.383. The van der Waals surface area contributed by atoms with Crippen LogP contribution in [0, 0.1) is 0 Å². The summed E-state index contributed by atoms with van der Waals surface area (Å²) in [5.41, 5.74) is 0. The number of aliphatic hydroxyl groups is 14. The molecule has 21 heteroatoms. The first-order chi connectivity index (χ1) is 21.2. The Kier molecular flexibility index (Phi) is 12.8. The van der Waals surface area contributed by atoms with Crippen LogP contribution < -0.4 is 0 Å². The monoisotopic (exact) mass is 666 g/mol. The van der Waals surface area contributed by atoms with Gasteiger partial charge < -0.3 is 105 Å². The summed E-state index contributed by atoms with van der Waals surface area (Å²) in [6.45, 7) is -3.06. The fraction of sp³-hybridized carbons (Fsp3) is 1.00. The SMILES string of the molecule is OC[C@H]1O[C@@H](OC[C@H]2OC(O)[C@H](O[C@@H]3O[C@H](CO)[C@H](O[C@@H]4O[C@H](CO)[C@H](O)[C@H](O)[C@H]4O)[C@H](O)[C@H]3O)[C@@H](O)[C@@H]2O)[C@H](O)[C@@H](O)[C@H]1O. The summed E-state index contributed by atoms with van der Waals surface area (Å²) in [5, 5.41) is 142. The van der Waals surface area contributed by atoms with E-state index in [1.807, 2.05) is 0 Å². The van der Waals surface area contributed by atoms with Crippen LogP contribution >= 0.6 is 0 Å². The van der Waals surface area contributed by atoms with Crippen molar-refractivity contribution in [3.05, 3.63) is 0 Å². The van der Waals surface area contributed by atoms with E-state index in [0.29, 0.717) is 0 Å². The Labute approximate surface area is 254 Å². The molecular weight excluding hydrogens is 624 g/mol. The fourth-order valence-electron chi connectivity index (χ4n) is 5.42. The molecule has 4 saturated heterocycles. The molecule has 4 heterocycles. The molecule has 20 atom stereocenters. The van der Waals surface area contributed by atoms with Crippen LogP contribution in [-0.4, -0.2) is 221 Å². The van der Waals surface area contributed by atoms with Crippen LogP contribution in [-0.2, 0) is 33.2 Å². The maximum Gasteiger partial charge on any atom is 0.187 e. The molecule has 21 nitrogen and oxygen atoms in total. The van der Waals surface area contributed by atoms with E-state index in [9.17, 15) is 71.5 Å². The average Bonchev–Trinajstić information content (AvgIpc) is 3.03. The second kappa shape index (κ2) is 15.6. The fourth-order valence-corrected chi connectivity index (χ4v) is 5.42. The maximum atomic E-state index is 10.8. The van der Waals surface area contributed by atoms with Gasteiger partial charge in [0.15, 0.2) is 25.2 Å². The zero-order valence-electron chi connectivity index (χ0n) is 23.5. The van der Waals surface area contributed by atoms with Gasteiger partial charge >= 0.3 is 0 Å². The van der Waals surface area contributed by atoms with Crippen molar-refractivity contribution in [1.29, 1.82) is 0 Å². The molecule has 4 fully saturated rings. The minimum atomic E-state index is -2.03. The van der Waals surface area contributed by atoms with Crippen LogP contribution in [0.2, 0.25) is 0 Å². The highest BCUT2D eigenvalue weighted by Crippen LogP contribution is 2.32. The zero-order chi connectivity index (χ0) is 33.3. The van der Waals surface area contributed by atoms with Crippen LogP contribution in [0.1, 0.15) is 0 Å². The first-order valence-electron chi connectivity index (χ1n) is 14.1. The summed E-state index contributed by atoms with van der Waals surface area (Å²) in [6, 6.07) is 0. The highest BCUT2D eigenvalue weighted by Gasteiger charge is 2.53. The summed E-state index contributed by atoms with van der Waals surface area (Å²) in [5.74, 6) is 0. The van der Waals surface area contributed by atoms with Gasteiger partial charge in [0.05, 0.1) is 26.4 Å². The molecule has 0 amide bonds. The Morgan fingerprint density at radius 3 is 1.31 bits per heavy atom. The molecule has 4 aliphatic rings. The molecule has 0 bridgehead atoms. The lowest BCUT2D eigenvalue weighted by Gasteiger charge is -2.47. The largest absolute Gasteiger partial charge is 0.394 e. The zero-order valence-corrected chi connectivity index (χ0v) is 23.5. The molecule has 1 unspecified atom stereocenters. The van der Waals surface area contributed by atoms with Gasteiger partial charge in [0.1, 0.15) is 97.7 Å². The van der Waals surface area contributed by atoms with E-state index in [1.165, 1.54) is 0 Å². The number of hydrogen-bond donors (Lipinski definition) is 14. The Balaban J connectivity index is 1.36. The summed E-state index contributed by atoms with van der Waals surface area (Å²) in [4.78, 5) is 0. The van der Waals surface area contributed by atoms with Gasteiger partial charge in [-0.1, -0.05) is 0 Å². The van der Waals surface area contributed by atoms with Gasteiger partial charge in [-0.2, -0.15) is 0 Å². The van der Waals surface area contributed by atoms with E-state index in [0.717, 1.165) is 0 Å². The second-order valence-electron chi connectivity index (χ2n) is 11.2. The predicted octanol–water partition coefficient (Wildman–Crippen LogP) is -9.75. The van der Waals surface area contributed by atoms with E-state index >= 15 is 0 Å². The van der Waals surface area contributed by atoms with Crippen molar-refractivity contribution in [3.8, 4) is 0 Å². The summed E-state index contributed by atoms with van der Waals surface area (Å²) in [6.07, 6.45) is -34.9. The van der Waals surface area contributed by atoms with Crippen molar-refractivity contribution in [2.24, 2.45) is 0 Å². The first kappa shape index (κ1) is 37.0. The molecule has 14 N–H and O–H groups in total. The predicted molar refractivity (Wildman–Crippen MR) is 134 cm³/mol. The minimum absolute atomic E-state index is 0.657. The topological polar surface area (TPSA) is 348 Å². The van der Waals surface area contributed by atoms with Crippen LogP contribution in [0.3, 0.4) is 0 Å². The van der Waals surface area contributed by atoms with Crippen LogP contribution in [0.15, 0.2) is 0 Å². The lowest BCUT2D eigenvalue weighted by atomic mass is 9.96. The van der Waals surface area contributed by atoms with Gasteiger partial charge in [-0.05, 0) is 0 Å². The van der Waals surface area contributed by atoms with Gasteiger partial charge in [0.25, 0.3) is 0 Å². The van der Waals surface area contributed by atoms with Gasteiger partial charge in [-0.15, -0.1) is 0 Å². The van der Waals surface area contributed by atoms with Crippen molar-refractivity contribution < 1.29 is 105 Å². The Hall–Kier alpha value is -0.840. The number of hydrogen-bond acceptors (Lipinski definition) is 21. The van der Waals surface area contributed by atoms with Crippen LogP contribution in [0.4, 0.5) is 0 Å². The van der Waals surface area contributed by atoms with E-state index in [-0.39, 0.29) is 0 Å². The third-order valence-electron chi connectivity index (χ3n) is 8.19. The molecule has 0 aromatic carbocycles. The summed E-state index contributed by atoms with van der Waals surface area (Å²) >= 11 is 0. The quantitative estimate of drug-likeness (QED) is 0.103. The van der Waals surface area contributed by atoms with Gasteiger partial charge in [0.2, 0.25) is 0 Å². The summed E-state index contributed by atoms with van der Waals surface area (Å²) < 4.78 is 37.3. The lowest BCUT2D eigenvalue weighted by Crippen LogP contribution is -2.66. The molecule has 0 radical (unpaired) electrons. The van der Waals surface area contributed by atoms with E-state index in [2.05, 4.69) is 0 Å². The highest BCUT2D eigenvalue weighted by atomic mass is 16.8. The molecule has 0 spiro atoms. The standard InChI is InChI=1S/C24H42O21/c25-1-5-9(28)12(31)16(35)22(41-5)39-4-8-11(30)14(33)20(21(38)40-8)45-24-18(37)15(34)19(7(3-27)43-24)44-23-17(36)13(32)10(29)6(2-26)42-23/h5-38H,1-4H2/t5-,6-,7-,8-,9+,10+,11-,12+,13+,14+,15-,16-,17-,18-,19+,20-,21?,22-,23+,24+/m1/s1. The molecule has 4 rings (SSSR count). The number of aliphatic hydroxyl groups excluding tert-OH is 14. The molecule has 0 aliphatic carbocycles. The van der Waals surface area contributed by atoms with Crippen LogP contribution in [0.5, 0.6) is 0 Å². The molecule has 45 heavy (non-hydrogen) atoms. The summed E-state index contributed by atoms with van der Waals surface area (Å²) in [7, 11) is 0.